The molecule has 0 aliphatic carbocycles. The van der Waals surface area contributed by atoms with Gasteiger partial charge in [0.2, 0.25) is 0 Å². The lowest BCUT2D eigenvalue weighted by atomic mass is 10.2. The highest BCUT2D eigenvalue weighted by atomic mass is 35.5. The monoisotopic (exact) mass is 351 g/mol. The van der Waals surface area contributed by atoms with Gasteiger partial charge in [0.05, 0.1) is 26.4 Å². The number of ether oxygens (including phenoxy) is 4. The molecule has 0 saturated heterocycles. The van der Waals surface area contributed by atoms with Gasteiger partial charge in [0.25, 0.3) is 0 Å². The van der Waals surface area contributed by atoms with Gasteiger partial charge in [0, 0.05) is 19.2 Å². The molecule has 0 aliphatic rings. The van der Waals surface area contributed by atoms with Gasteiger partial charge in [-0.25, -0.2) is 0 Å². The highest BCUT2D eigenvalue weighted by Crippen LogP contribution is 2.35. The van der Waals surface area contributed by atoms with E-state index in [0.29, 0.717) is 36.2 Å². The fraction of sp³-hybridized carbons (Fsp3) is 0.333. The van der Waals surface area contributed by atoms with E-state index in [1.807, 2.05) is 36.4 Å². The van der Waals surface area contributed by atoms with Crippen LogP contribution in [0.3, 0.4) is 0 Å². The second-order valence-corrected chi connectivity index (χ2v) is 5.42. The predicted molar refractivity (Wildman–Crippen MR) is 94.8 cm³/mol. The van der Waals surface area contributed by atoms with Crippen LogP contribution < -0.4 is 24.3 Å². The molecule has 0 spiro atoms. The molecule has 0 saturated carbocycles. The summed E-state index contributed by atoms with van der Waals surface area (Å²) in [6.45, 7) is 1.90. The van der Waals surface area contributed by atoms with Crippen LogP contribution in [0.15, 0.2) is 36.4 Å². The molecule has 0 fully saturated rings. The zero-order chi connectivity index (χ0) is 17.4. The second kappa shape index (κ2) is 9.25. The Bertz CT molecular complexity index is 663. The lowest BCUT2D eigenvalue weighted by Crippen LogP contribution is -2.20. The standard InChI is InChI=1S/C18H22ClNO4/c1-21-14-5-4-6-15(11-14)24-8-7-20-12-13-9-16(19)18(23-3)17(10-13)22-2/h4-6,9-11,20H,7-8,12H2,1-3H3. The normalized spacial score (nSPS) is 10.3. The van der Waals surface area contributed by atoms with Gasteiger partial charge in [-0.15, -0.1) is 0 Å². The van der Waals surface area contributed by atoms with Crippen LogP contribution >= 0.6 is 11.6 Å². The van der Waals surface area contributed by atoms with Gasteiger partial charge < -0.3 is 24.3 Å². The Labute approximate surface area is 147 Å². The van der Waals surface area contributed by atoms with E-state index >= 15 is 0 Å². The van der Waals surface area contributed by atoms with E-state index in [4.69, 9.17) is 30.5 Å². The van der Waals surface area contributed by atoms with Crippen molar-refractivity contribution in [2.24, 2.45) is 0 Å². The molecule has 2 aromatic carbocycles. The van der Waals surface area contributed by atoms with Gasteiger partial charge in [-0.3, -0.25) is 0 Å². The average molecular weight is 352 g/mol. The molecule has 2 rings (SSSR count). The molecule has 6 heteroatoms. The molecular formula is C18H22ClNO4. The molecule has 0 aliphatic heterocycles. The van der Waals surface area contributed by atoms with Crippen LogP contribution in [0.25, 0.3) is 0 Å². The van der Waals surface area contributed by atoms with Gasteiger partial charge in [-0.05, 0) is 29.8 Å². The number of rotatable bonds is 9. The fourth-order valence-electron chi connectivity index (χ4n) is 2.24. The highest BCUT2D eigenvalue weighted by Gasteiger charge is 2.10. The third-order valence-electron chi connectivity index (χ3n) is 3.41. The van der Waals surface area contributed by atoms with Crippen molar-refractivity contribution in [3.8, 4) is 23.0 Å². The van der Waals surface area contributed by atoms with Crippen molar-refractivity contribution in [1.29, 1.82) is 0 Å². The summed E-state index contributed by atoms with van der Waals surface area (Å²) >= 11 is 6.19. The summed E-state index contributed by atoms with van der Waals surface area (Å²) in [4.78, 5) is 0. The van der Waals surface area contributed by atoms with Crippen LogP contribution in [0.1, 0.15) is 5.56 Å². The molecular weight excluding hydrogens is 330 g/mol. The Morgan fingerprint density at radius 1 is 0.958 bits per heavy atom. The van der Waals surface area contributed by atoms with E-state index in [1.54, 1.807) is 21.3 Å². The van der Waals surface area contributed by atoms with Crippen molar-refractivity contribution >= 4 is 11.6 Å². The Hall–Kier alpha value is -2.11. The molecule has 5 nitrogen and oxygen atoms in total. The van der Waals surface area contributed by atoms with Gasteiger partial charge in [0.15, 0.2) is 11.5 Å². The van der Waals surface area contributed by atoms with Crippen LogP contribution in [0.4, 0.5) is 0 Å². The number of halogens is 1. The molecule has 24 heavy (non-hydrogen) atoms. The molecule has 130 valence electrons. The molecule has 0 bridgehead atoms. The first-order valence-electron chi connectivity index (χ1n) is 7.56. The molecule has 0 unspecified atom stereocenters. The number of hydrogen-bond donors (Lipinski definition) is 1. The van der Waals surface area contributed by atoms with Crippen molar-refractivity contribution in [3.63, 3.8) is 0 Å². The highest BCUT2D eigenvalue weighted by molar-refractivity contribution is 6.32. The van der Waals surface area contributed by atoms with E-state index in [0.717, 1.165) is 17.1 Å². The second-order valence-electron chi connectivity index (χ2n) is 5.02. The summed E-state index contributed by atoms with van der Waals surface area (Å²) in [6, 6.07) is 11.3. The lowest BCUT2D eigenvalue weighted by Gasteiger charge is -2.12. The minimum atomic E-state index is 0.529. The van der Waals surface area contributed by atoms with Crippen molar-refractivity contribution in [1.82, 2.24) is 5.32 Å². The summed E-state index contributed by atoms with van der Waals surface area (Å²) in [6.07, 6.45) is 0. The fourth-order valence-corrected chi connectivity index (χ4v) is 2.55. The Balaban J connectivity index is 1.81. The van der Waals surface area contributed by atoms with Crippen LogP contribution in [-0.4, -0.2) is 34.5 Å². The van der Waals surface area contributed by atoms with Gasteiger partial charge >= 0.3 is 0 Å². The Morgan fingerprint density at radius 2 is 1.75 bits per heavy atom. The molecule has 0 radical (unpaired) electrons. The SMILES string of the molecule is COc1cccc(OCCNCc2cc(Cl)c(OC)c(OC)c2)c1. The molecule has 0 amide bonds. The minimum absolute atomic E-state index is 0.529. The van der Waals surface area contributed by atoms with E-state index in [2.05, 4.69) is 5.32 Å². The molecule has 1 N–H and O–H groups in total. The number of benzene rings is 2. The summed E-state index contributed by atoms with van der Waals surface area (Å²) < 4.78 is 21.4. The van der Waals surface area contributed by atoms with E-state index < -0.39 is 0 Å². The van der Waals surface area contributed by atoms with Crippen LogP contribution in [0.5, 0.6) is 23.0 Å². The largest absolute Gasteiger partial charge is 0.497 e. The zero-order valence-corrected chi connectivity index (χ0v) is 14.9. The first-order chi connectivity index (χ1) is 11.7. The predicted octanol–water partition coefficient (Wildman–Crippen LogP) is 3.53. The summed E-state index contributed by atoms with van der Waals surface area (Å²) in [5.74, 6) is 2.73. The molecule has 0 atom stereocenters. The van der Waals surface area contributed by atoms with Crippen molar-refractivity contribution < 1.29 is 18.9 Å². The van der Waals surface area contributed by atoms with Crippen LogP contribution in [0.2, 0.25) is 5.02 Å². The van der Waals surface area contributed by atoms with Gasteiger partial charge in [-0.2, -0.15) is 0 Å². The van der Waals surface area contributed by atoms with Crippen molar-refractivity contribution in [2.75, 3.05) is 34.5 Å². The number of methoxy groups -OCH3 is 3. The number of nitrogens with one attached hydrogen (secondary N) is 1. The maximum absolute atomic E-state index is 6.19. The van der Waals surface area contributed by atoms with Crippen molar-refractivity contribution in [3.05, 3.63) is 47.0 Å². The van der Waals surface area contributed by atoms with Crippen LogP contribution in [0, 0.1) is 0 Å². The van der Waals surface area contributed by atoms with Gasteiger partial charge in [0.1, 0.15) is 18.1 Å². The first kappa shape index (κ1) is 18.2. The van der Waals surface area contributed by atoms with E-state index in [9.17, 15) is 0 Å². The smallest absolute Gasteiger partial charge is 0.179 e. The maximum Gasteiger partial charge on any atom is 0.179 e. The molecule has 2 aromatic rings. The number of hydrogen-bond acceptors (Lipinski definition) is 5. The average Bonchev–Trinajstić information content (AvgIpc) is 2.61. The van der Waals surface area contributed by atoms with E-state index in [1.165, 1.54) is 0 Å². The third-order valence-corrected chi connectivity index (χ3v) is 3.69. The minimum Gasteiger partial charge on any atom is -0.497 e. The maximum atomic E-state index is 6.19. The topological polar surface area (TPSA) is 49.0 Å². The first-order valence-corrected chi connectivity index (χ1v) is 7.93. The third kappa shape index (κ3) is 4.94. The summed E-state index contributed by atoms with van der Waals surface area (Å²) in [7, 11) is 4.79. The summed E-state index contributed by atoms with van der Waals surface area (Å²) in [5, 5.41) is 3.83. The Morgan fingerprint density at radius 3 is 2.46 bits per heavy atom. The molecule has 0 heterocycles. The quantitative estimate of drug-likeness (QED) is 0.700. The lowest BCUT2D eigenvalue weighted by molar-refractivity contribution is 0.311. The summed E-state index contributed by atoms with van der Waals surface area (Å²) in [5.41, 5.74) is 1.01. The zero-order valence-electron chi connectivity index (χ0n) is 14.1. The van der Waals surface area contributed by atoms with Gasteiger partial charge in [-0.1, -0.05) is 17.7 Å². The molecule has 0 aromatic heterocycles. The van der Waals surface area contributed by atoms with E-state index in [-0.39, 0.29) is 0 Å². The Kier molecular flexibility index (Phi) is 7.03. The van der Waals surface area contributed by atoms with Crippen LogP contribution in [-0.2, 0) is 6.54 Å². The van der Waals surface area contributed by atoms with Crippen molar-refractivity contribution in [2.45, 2.75) is 6.54 Å².